The van der Waals surface area contributed by atoms with Gasteiger partial charge in [-0.15, -0.1) is 0 Å². The molecule has 0 radical (unpaired) electrons. The van der Waals surface area contributed by atoms with Gasteiger partial charge in [-0.25, -0.2) is 0 Å². The van der Waals surface area contributed by atoms with Crippen molar-refractivity contribution in [2.24, 2.45) is 34.5 Å². The molecule has 1 aromatic carbocycles. The fraction of sp³-hybridized carbons (Fsp3) is 0.643. The third kappa shape index (κ3) is 3.74. The first-order valence-electron chi connectivity index (χ1n) is 12.9. The lowest BCUT2D eigenvalue weighted by Crippen LogP contribution is -2.59. The van der Waals surface area contributed by atoms with Crippen LogP contribution in [0.2, 0.25) is 0 Å². The van der Waals surface area contributed by atoms with Crippen LogP contribution in [0.15, 0.2) is 30.4 Å². The Bertz CT molecular complexity index is 1100. The second-order valence-electron chi connectivity index (χ2n) is 11.7. The second kappa shape index (κ2) is 8.52. The number of hydrogen-bond acceptors (Lipinski definition) is 3. The molecule has 1 N–H and O–H groups in total. The first kappa shape index (κ1) is 25.2. The maximum atomic E-state index is 13.5. The van der Waals surface area contributed by atoms with Crippen molar-refractivity contribution in [1.29, 1.82) is 0 Å². The zero-order valence-electron chi connectivity index (χ0n) is 21.3. The summed E-state index contributed by atoms with van der Waals surface area (Å²) in [7, 11) is 3.10. The van der Waals surface area contributed by atoms with Crippen LogP contribution in [0.3, 0.4) is 0 Å². The summed E-state index contributed by atoms with van der Waals surface area (Å²) in [6, 6.07) is 3.88. The van der Waals surface area contributed by atoms with E-state index in [1.807, 2.05) is 11.9 Å². The lowest BCUT2D eigenvalue weighted by Gasteiger charge is -2.60. The fourth-order valence-corrected chi connectivity index (χ4v) is 8.41. The topological polar surface area (TPSA) is 58.6 Å². The van der Waals surface area contributed by atoms with Crippen LogP contribution in [0, 0.1) is 34.5 Å². The van der Waals surface area contributed by atoms with Gasteiger partial charge in [0.25, 0.3) is 0 Å². The van der Waals surface area contributed by atoms with Gasteiger partial charge in [-0.1, -0.05) is 19.9 Å². The largest absolute Gasteiger partial charge is 0.496 e. The molecule has 0 unspecified atom stereocenters. The van der Waals surface area contributed by atoms with Gasteiger partial charge in [0.05, 0.1) is 12.7 Å². The van der Waals surface area contributed by atoms with Crippen molar-refractivity contribution in [3.63, 3.8) is 0 Å². The summed E-state index contributed by atoms with van der Waals surface area (Å²) in [5, 5.41) is 2.79. The summed E-state index contributed by atoms with van der Waals surface area (Å²) in [5.74, 6) is 0.700. The molecule has 0 spiro atoms. The van der Waals surface area contributed by atoms with Gasteiger partial charge in [0, 0.05) is 30.1 Å². The Morgan fingerprint density at radius 2 is 1.86 bits per heavy atom. The molecule has 0 aromatic heterocycles. The fourth-order valence-electron chi connectivity index (χ4n) is 8.41. The van der Waals surface area contributed by atoms with E-state index >= 15 is 0 Å². The predicted octanol–water partition coefficient (Wildman–Crippen LogP) is 5.91. The highest BCUT2D eigenvalue weighted by Gasteiger charge is 2.61. The van der Waals surface area contributed by atoms with Gasteiger partial charge in [0.1, 0.15) is 5.75 Å². The smallest absolute Gasteiger partial charge is 0.420 e. The van der Waals surface area contributed by atoms with Crippen LogP contribution < -0.4 is 10.1 Å². The standard InChI is InChI=1S/C28H35F3N2O3/c1-26-13-11-19-17(6-10-23-27(19,2)14-12-24(34)33(23)3)18(26)7-8-20(26)25(35)32-16-5-9-22(36-4)21(15-16)28(29,30)31/h5,9,12,14-15,17-20,23H,6-8,10-11,13H2,1-4H3,(H,32,35)/t17-,18-,19-,20+,23+,26-,27+/m0/s1. The quantitative estimate of drug-likeness (QED) is 0.557. The number of carbonyl (C=O) groups excluding carboxylic acids is 2. The number of halogens is 3. The van der Waals surface area contributed by atoms with Crippen LogP contribution in [0.4, 0.5) is 18.9 Å². The van der Waals surface area contributed by atoms with E-state index in [2.05, 4.69) is 25.2 Å². The van der Waals surface area contributed by atoms with Gasteiger partial charge in [0.2, 0.25) is 11.8 Å². The van der Waals surface area contributed by atoms with E-state index in [1.165, 1.54) is 19.2 Å². The Morgan fingerprint density at radius 3 is 2.56 bits per heavy atom. The maximum Gasteiger partial charge on any atom is 0.420 e. The molecule has 2 amide bonds. The lowest BCUT2D eigenvalue weighted by molar-refractivity contribution is -0.141. The number of benzene rings is 1. The number of anilines is 1. The summed E-state index contributed by atoms with van der Waals surface area (Å²) >= 11 is 0. The highest BCUT2D eigenvalue weighted by molar-refractivity contribution is 5.93. The van der Waals surface area contributed by atoms with Crippen molar-refractivity contribution < 1.29 is 27.5 Å². The van der Waals surface area contributed by atoms with Crippen molar-refractivity contribution in [2.45, 2.75) is 64.6 Å². The van der Waals surface area contributed by atoms with Crippen LogP contribution in [0.1, 0.15) is 57.9 Å². The van der Waals surface area contributed by atoms with E-state index in [0.29, 0.717) is 17.8 Å². The number of likely N-dealkylation sites (N-methyl/N-ethyl adjacent to an activating group) is 1. The monoisotopic (exact) mass is 504 g/mol. The molecule has 4 aliphatic rings. The average molecular weight is 505 g/mol. The van der Waals surface area contributed by atoms with Gasteiger partial charge < -0.3 is 15.0 Å². The van der Waals surface area contributed by atoms with Crippen molar-refractivity contribution in [3.8, 4) is 5.75 Å². The van der Waals surface area contributed by atoms with E-state index in [1.54, 1.807) is 6.08 Å². The third-order valence-electron chi connectivity index (χ3n) is 10.2. The van der Waals surface area contributed by atoms with Crippen LogP contribution in [0.25, 0.3) is 0 Å². The molecule has 3 fully saturated rings. The van der Waals surface area contributed by atoms with E-state index in [0.717, 1.165) is 44.6 Å². The Labute approximate surface area is 210 Å². The van der Waals surface area contributed by atoms with Gasteiger partial charge in [-0.2, -0.15) is 13.2 Å². The first-order valence-corrected chi connectivity index (χ1v) is 12.9. The van der Waals surface area contributed by atoms with Crippen LogP contribution in [0.5, 0.6) is 5.75 Å². The maximum absolute atomic E-state index is 13.5. The van der Waals surface area contributed by atoms with E-state index in [-0.39, 0.29) is 46.0 Å². The number of ether oxygens (including phenoxy) is 1. The van der Waals surface area contributed by atoms with E-state index < -0.39 is 11.7 Å². The molecular weight excluding hydrogens is 469 g/mol. The van der Waals surface area contributed by atoms with Gasteiger partial charge in [-0.3, -0.25) is 9.59 Å². The molecule has 5 nitrogen and oxygen atoms in total. The van der Waals surface area contributed by atoms with Crippen LogP contribution in [-0.2, 0) is 15.8 Å². The normalized spacial score (nSPS) is 37.7. The van der Waals surface area contributed by atoms with Crippen molar-refractivity contribution in [3.05, 3.63) is 35.9 Å². The summed E-state index contributed by atoms with van der Waals surface area (Å²) in [5.41, 5.74) is -1.01. The summed E-state index contributed by atoms with van der Waals surface area (Å²) in [6.45, 7) is 4.50. The molecule has 5 rings (SSSR count). The van der Waals surface area contributed by atoms with E-state index in [9.17, 15) is 22.8 Å². The number of nitrogens with zero attached hydrogens (tertiary/aromatic N) is 1. The molecule has 3 aliphatic carbocycles. The molecule has 1 aliphatic heterocycles. The summed E-state index contributed by atoms with van der Waals surface area (Å²) < 4.78 is 45.3. The molecule has 0 bridgehead atoms. The minimum Gasteiger partial charge on any atom is -0.496 e. The molecule has 8 heteroatoms. The average Bonchev–Trinajstić information content (AvgIpc) is 3.18. The molecule has 1 aromatic rings. The van der Waals surface area contributed by atoms with E-state index in [4.69, 9.17) is 4.74 Å². The Balaban J connectivity index is 1.36. The van der Waals surface area contributed by atoms with Gasteiger partial charge in [-0.05, 0) is 86.0 Å². The zero-order valence-corrected chi connectivity index (χ0v) is 21.3. The number of alkyl halides is 3. The molecule has 196 valence electrons. The number of nitrogens with one attached hydrogen (secondary N) is 1. The van der Waals surface area contributed by atoms with Gasteiger partial charge >= 0.3 is 6.18 Å². The highest BCUT2D eigenvalue weighted by atomic mass is 19.4. The SMILES string of the molecule is COc1ccc(NC(=O)[C@H]2CC[C@H]3[C@@H]4CC[C@H]5N(C)C(=O)C=C[C@]5(C)[C@H]4CC[C@]23C)cc1C(F)(F)F. The van der Waals surface area contributed by atoms with Crippen molar-refractivity contribution >= 4 is 17.5 Å². The molecule has 36 heavy (non-hydrogen) atoms. The number of methoxy groups -OCH3 is 1. The van der Waals surface area contributed by atoms with Crippen molar-refractivity contribution in [1.82, 2.24) is 4.90 Å². The summed E-state index contributed by atoms with van der Waals surface area (Å²) in [6.07, 6.45) is 4.87. The molecule has 3 saturated carbocycles. The number of fused-ring (bicyclic) bond motifs is 5. The minimum atomic E-state index is -4.57. The Kier molecular flexibility index (Phi) is 5.95. The highest BCUT2D eigenvalue weighted by Crippen LogP contribution is 2.65. The van der Waals surface area contributed by atoms with Crippen LogP contribution in [-0.4, -0.2) is 36.9 Å². The number of amides is 2. The first-order chi connectivity index (χ1) is 16.9. The summed E-state index contributed by atoms with van der Waals surface area (Å²) in [4.78, 5) is 27.6. The Morgan fingerprint density at radius 1 is 1.11 bits per heavy atom. The molecule has 7 atom stereocenters. The zero-order chi connectivity index (χ0) is 26.0. The Hall–Kier alpha value is -2.51. The minimum absolute atomic E-state index is 0.0651. The molecule has 0 saturated heterocycles. The molecular formula is C28H35F3N2O3. The lowest BCUT2D eigenvalue weighted by atomic mass is 9.47. The number of carbonyl (C=O) groups is 2. The number of rotatable bonds is 3. The van der Waals surface area contributed by atoms with Crippen molar-refractivity contribution in [2.75, 3.05) is 19.5 Å². The van der Waals surface area contributed by atoms with Crippen LogP contribution >= 0.6 is 0 Å². The third-order valence-corrected chi connectivity index (χ3v) is 10.2. The second-order valence-corrected chi connectivity index (χ2v) is 11.7. The van der Waals surface area contributed by atoms with Gasteiger partial charge in [0.15, 0.2) is 0 Å². The number of hydrogen-bond donors (Lipinski definition) is 1. The molecule has 1 heterocycles. The predicted molar refractivity (Wildman–Crippen MR) is 130 cm³/mol.